The van der Waals surface area contributed by atoms with Gasteiger partial charge in [0.2, 0.25) is 5.91 Å². The fourth-order valence-corrected chi connectivity index (χ4v) is 2.86. The van der Waals surface area contributed by atoms with Crippen LogP contribution < -0.4 is 10.2 Å². The molecular weight excluding hydrogens is 345 g/mol. The Morgan fingerprint density at radius 2 is 1.69 bits per heavy atom. The maximum absolute atomic E-state index is 12.6. The lowest BCUT2D eigenvalue weighted by Gasteiger charge is -2.17. The van der Waals surface area contributed by atoms with Gasteiger partial charge in [-0.1, -0.05) is 17.7 Å². The Morgan fingerprint density at radius 3 is 2.27 bits per heavy atom. The van der Waals surface area contributed by atoms with Crippen molar-refractivity contribution in [3.63, 3.8) is 0 Å². The summed E-state index contributed by atoms with van der Waals surface area (Å²) >= 11 is 0. The maximum Gasteiger partial charge on any atom is 0.416 e. The second-order valence-electron chi connectivity index (χ2n) is 6.29. The van der Waals surface area contributed by atoms with Crippen molar-refractivity contribution < 1.29 is 22.8 Å². The number of carbonyl (C=O) groups excluding carboxylic acids is 2. The van der Waals surface area contributed by atoms with Crippen molar-refractivity contribution in [1.29, 1.82) is 0 Å². The lowest BCUT2D eigenvalue weighted by Crippen LogP contribution is -2.37. The summed E-state index contributed by atoms with van der Waals surface area (Å²) in [4.78, 5) is 26.0. The summed E-state index contributed by atoms with van der Waals surface area (Å²) in [6.45, 7) is 2.27. The first-order valence-electron chi connectivity index (χ1n) is 8.09. The number of hydrogen-bond donors (Lipinski definition) is 1. The van der Waals surface area contributed by atoms with Gasteiger partial charge in [-0.05, 0) is 43.3 Å². The highest BCUT2D eigenvalue weighted by molar-refractivity contribution is 5.99. The van der Waals surface area contributed by atoms with Crippen LogP contribution in [0.2, 0.25) is 0 Å². The minimum atomic E-state index is -4.44. The Balaban J connectivity index is 1.65. The number of nitrogens with zero attached hydrogens (tertiary/aromatic N) is 1. The predicted octanol–water partition coefficient (Wildman–Crippen LogP) is 3.55. The molecule has 0 aliphatic carbocycles. The number of aryl methyl sites for hydroxylation is 1. The van der Waals surface area contributed by atoms with Gasteiger partial charge in [0, 0.05) is 24.2 Å². The van der Waals surface area contributed by atoms with E-state index in [1.165, 1.54) is 0 Å². The van der Waals surface area contributed by atoms with Crippen LogP contribution in [0.1, 0.15) is 27.9 Å². The molecule has 1 atom stereocenters. The van der Waals surface area contributed by atoms with E-state index in [0.717, 1.165) is 35.5 Å². The first-order valence-corrected chi connectivity index (χ1v) is 8.09. The monoisotopic (exact) mass is 362 g/mol. The molecule has 2 aromatic carbocycles. The summed E-state index contributed by atoms with van der Waals surface area (Å²) in [6.07, 6.45) is -4.29. The average Bonchev–Trinajstić information content (AvgIpc) is 2.95. The summed E-state index contributed by atoms with van der Waals surface area (Å²) in [5.41, 5.74) is 1.15. The van der Waals surface area contributed by atoms with Gasteiger partial charge in [-0.3, -0.25) is 9.59 Å². The van der Waals surface area contributed by atoms with Crippen LogP contribution in [0.15, 0.2) is 48.5 Å². The molecule has 2 aromatic rings. The van der Waals surface area contributed by atoms with E-state index in [0.29, 0.717) is 6.54 Å². The third-order valence-corrected chi connectivity index (χ3v) is 4.28. The number of benzene rings is 2. The normalized spacial score (nSPS) is 17.5. The highest BCUT2D eigenvalue weighted by Crippen LogP contribution is 2.29. The van der Waals surface area contributed by atoms with Crippen LogP contribution >= 0.6 is 0 Å². The molecule has 0 radical (unpaired) electrons. The molecule has 3 rings (SSSR count). The Kier molecular flexibility index (Phi) is 4.71. The number of alkyl halides is 3. The summed E-state index contributed by atoms with van der Waals surface area (Å²) in [5.74, 6) is -0.603. The standard InChI is InChI=1S/C19H17F3N2O2/c1-12-2-8-16(9-3-12)24-11-15(10-17(24)25)23-18(26)13-4-6-14(7-5-13)19(20,21)22/h2-9,15H,10-11H2,1H3,(H,23,26)/t15-/m0/s1. The first-order chi connectivity index (χ1) is 12.2. The smallest absolute Gasteiger partial charge is 0.347 e. The molecule has 0 bridgehead atoms. The van der Waals surface area contributed by atoms with Crippen molar-refractivity contribution in [3.8, 4) is 0 Å². The molecule has 1 heterocycles. The molecule has 1 fully saturated rings. The zero-order valence-electron chi connectivity index (χ0n) is 14.0. The van der Waals surface area contributed by atoms with Crippen LogP contribution in [0.3, 0.4) is 0 Å². The van der Waals surface area contributed by atoms with E-state index >= 15 is 0 Å². The van der Waals surface area contributed by atoms with Crippen LogP contribution in [0, 0.1) is 6.92 Å². The molecule has 0 aromatic heterocycles. The van der Waals surface area contributed by atoms with E-state index in [4.69, 9.17) is 0 Å². The van der Waals surface area contributed by atoms with E-state index in [-0.39, 0.29) is 17.9 Å². The van der Waals surface area contributed by atoms with Crippen LogP contribution in [0.25, 0.3) is 0 Å². The quantitative estimate of drug-likeness (QED) is 0.908. The number of amides is 2. The minimum absolute atomic E-state index is 0.105. The van der Waals surface area contributed by atoms with Crippen molar-refractivity contribution in [2.45, 2.75) is 25.6 Å². The summed E-state index contributed by atoms with van der Waals surface area (Å²) in [6, 6.07) is 11.1. The molecule has 136 valence electrons. The van der Waals surface area contributed by atoms with Crippen molar-refractivity contribution in [1.82, 2.24) is 5.32 Å². The molecular formula is C19H17F3N2O2. The van der Waals surface area contributed by atoms with Crippen LogP contribution in [-0.2, 0) is 11.0 Å². The van der Waals surface area contributed by atoms with Gasteiger partial charge in [-0.15, -0.1) is 0 Å². The van der Waals surface area contributed by atoms with Gasteiger partial charge in [0.15, 0.2) is 0 Å². The molecule has 1 aliphatic heterocycles. The Bertz CT molecular complexity index is 814. The number of hydrogen-bond acceptors (Lipinski definition) is 2. The van der Waals surface area contributed by atoms with Gasteiger partial charge >= 0.3 is 6.18 Å². The molecule has 26 heavy (non-hydrogen) atoms. The summed E-state index contributed by atoms with van der Waals surface area (Å²) in [7, 11) is 0. The minimum Gasteiger partial charge on any atom is -0.347 e. The van der Waals surface area contributed by atoms with E-state index in [1.807, 2.05) is 31.2 Å². The van der Waals surface area contributed by atoms with Gasteiger partial charge in [-0.2, -0.15) is 13.2 Å². The Morgan fingerprint density at radius 1 is 1.08 bits per heavy atom. The fourth-order valence-electron chi connectivity index (χ4n) is 2.86. The lowest BCUT2D eigenvalue weighted by molar-refractivity contribution is -0.137. The number of rotatable bonds is 3. The maximum atomic E-state index is 12.6. The highest BCUT2D eigenvalue weighted by Gasteiger charge is 2.32. The van der Waals surface area contributed by atoms with Gasteiger partial charge in [0.1, 0.15) is 0 Å². The average molecular weight is 362 g/mol. The molecule has 0 saturated carbocycles. The zero-order valence-corrected chi connectivity index (χ0v) is 14.0. The molecule has 2 amide bonds. The number of halogens is 3. The molecule has 1 N–H and O–H groups in total. The summed E-state index contributed by atoms with van der Waals surface area (Å²) < 4.78 is 37.7. The molecule has 1 saturated heterocycles. The molecule has 4 nitrogen and oxygen atoms in total. The van der Waals surface area contributed by atoms with Crippen LogP contribution in [0.4, 0.5) is 18.9 Å². The lowest BCUT2D eigenvalue weighted by atomic mass is 10.1. The van der Waals surface area contributed by atoms with Crippen molar-refractivity contribution >= 4 is 17.5 Å². The molecule has 7 heteroatoms. The number of anilines is 1. The van der Waals surface area contributed by atoms with Gasteiger partial charge in [-0.25, -0.2) is 0 Å². The zero-order chi connectivity index (χ0) is 18.9. The van der Waals surface area contributed by atoms with E-state index in [9.17, 15) is 22.8 Å². The Labute approximate surface area is 148 Å². The Hall–Kier alpha value is -2.83. The highest BCUT2D eigenvalue weighted by atomic mass is 19.4. The topological polar surface area (TPSA) is 49.4 Å². The largest absolute Gasteiger partial charge is 0.416 e. The number of nitrogens with one attached hydrogen (secondary N) is 1. The third-order valence-electron chi connectivity index (χ3n) is 4.28. The third kappa shape index (κ3) is 3.87. The van der Waals surface area contributed by atoms with Gasteiger partial charge in [0.05, 0.1) is 11.6 Å². The second-order valence-corrected chi connectivity index (χ2v) is 6.29. The van der Waals surface area contributed by atoms with Crippen LogP contribution in [-0.4, -0.2) is 24.4 Å². The van der Waals surface area contributed by atoms with E-state index in [1.54, 1.807) is 4.90 Å². The van der Waals surface area contributed by atoms with E-state index < -0.39 is 23.7 Å². The van der Waals surface area contributed by atoms with E-state index in [2.05, 4.69) is 5.32 Å². The van der Waals surface area contributed by atoms with Crippen LogP contribution in [0.5, 0.6) is 0 Å². The molecule has 1 aliphatic rings. The van der Waals surface area contributed by atoms with Crippen molar-refractivity contribution in [2.24, 2.45) is 0 Å². The molecule has 0 spiro atoms. The SMILES string of the molecule is Cc1ccc(N2C[C@@H](NC(=O)c3ccc(C(F)(F)F)cc3)CC2=O)cc1. The second kappa shape index (κ2) is 6.82. The molecule has 0 unspecified atom stereocenters. The van der Waals surface area contributed by atoms with Gasteiger partial charge < -0.3 is 10.2 Å². The van der Waals surface area contributed by atoms with Gasteiger partial charge in [0.25, 0.3) is 5.91 Å². The predicted molar refractivity (Wildman–Crippen MR) is 90.8 cm³/mol. The fraction of sp³-hybridized carbons (Fsp3) is 0.263. The number of carbonyl (C=O) groups is 2. The first kappa shape index (κ1) is 18.0. The van der Waals surface area contributed by atoms with Crippen molar-refractivity contribution in [3.05, 3.63) is 65.2 Å². The summed E-state index contributed by atoms with van der Waals surface area (Å²) in [5, 5.41) is 2.71. The van der Waals surface area contributed by atoms with Crippen molar-refractivity contribution in [2.75, 3.05) is 11.4 Å².